The molecule has 80 valence electrons. The largest absolute Gasteiger partial charge is 0.386 e. The average Bonchev–Trinajstić information content (AvgIpc) is 2.59. The van der Waals surface area contributed by atoms with Gasteiger partial charge in [-0.15, -0.1) is 0 Å². The fourth-order valence-electron chi connectivity index (χ4n) is 1.79. The van der Waals surface area contributed by atoms with Gasteiger partial charge in [0.05, 0.1) is 17.4 Å². The molecule has 3 nitrogen and oxygen atoms in total. The topological polar surface area (TPSA) is 29.3 Å². The van der Waals surface area contributed by atoms with Crippen LogP contribution < -0.4 is 5.32 Å². The number of pyridine rings is 1. The first-order valence-corrected chi connectivity index (χ1v) is 5.18. The second-order valence-electron chi connectivity index (χ2n) is 4.76. The van der Waals surface area contributed by atoms with Crippen LogP contribution in [0.2, 0.25) is 0 Å². The fourth-order valence-corrected chi connectivity index (χ4v) is 1.79. The van der Waals surface area contributed by atoms with Crippen molar-refractivity contribution in [2.45, 2.75) is 26.2 Å². The van der Waals surface area contributed by atoms with E-state index in [1.807, 2.05) is 19.3 Å². The molecule has 0 fully saturated rings. The highest BCUT2D eigenvalue weighted by Crippen LogP contribution is 2.25. The van der Waals surface area contributed by atoms with E-state index in [2.05, 4.69) is 47.7 Å². The quantitative estimate of drug-likeness (QED) is 0.772. The number of fused-ring (bicyclic) bond motifs is 1. The van der Waals surface area contributed by atoms with Crippen LogP contribution >= 0.6 is 0 Å². The molecule has 1 N–H and O–H groups in total. The highest BCUT2D eigenvalue weighted by Gasteiger charge is 2.19. The predicted molar refractivity (Wildman–Crippen MR) is 63.4 cm³/mol. The van der Waals surface area contributed by atoms with Crippen LogP contribution in [0, 0.1) is 0 Å². The van der Waals surface area contributed by atoms with E-state index in [0.717, 1.165) is 17.0 Å². The molecule has 0 atom stereocenters. The number of nitrogens with one attached hydrogen (secondary N) is 1. The molecular weight excluding hydrogens is 186 g/mol. The molecule has 0 aliphatic carbocycles. The monoisotopic (exact) mass is 203 g/mol. The summed E-state index contributed by atoms with van der Waals surface area (Å²) in [5.41, 5.74) is 2.31. The Morgan fingerprint density at radius 1 is 1.33 bits per heavy atom. The van der Waals surface area contributed by atoms with E-state index in [1.54, 1.807) is 0 Å². The molecule has 0 amide bonds. The smallest absolute Gasteiger partial charge is 0.118 e. The van der Waals surface area contributed by atoms with E-state index in [4.69, 9.17) is 0 Å². The number of rotatable bonds is 1. The lowest BCUT2D eigenvalue weighted by Crippen LogP contribution is -2.15. The van der Waals surface area contributed by atoms with Gasteiger partial charge in [-0.1, -0.05) is 20.8 Å². The van der Waals surface area contributed by atoms with E-state index in [0.29, 0.717) is 0 Å². The Kier molecular flexibility index (Phi) is 2.18. The maximum Gasteiger partial charge on any atom is 0.118 e. The van der Waals surface area contributed by atoms with Gasteiger partial charge in [-0.2, -0.15) is 0 Å². The lowest BCUT2D eigenvalue weighted by atomic mass is 9.96. The Balaban J connectivity index is 2.72. The zero-order valence-electron chi connectivity index (χ0n) is 9.70. The van der Waals surface area contributed by atoms with Gasteiger partial charge in [-0.25, -0.2) is 4.98 Å². The molecule has 0 bridgehead atoms. The van der Waals surface area contributed by atoms with Crippen molar-refractivity contribution in [1.82, 2.24) is 9.38 Å². The molecule has 3 heteroatoms. The van der Waals surface area contributed by atoms with Gasteiger partial charge in [0.25, 0.3) is 0 Å². The minimum absolute atomic E-state index is 0.0682. The van der Waals surface area contributed by atoms with Gasteiger partial charge in [0.15, 0.2) is 0 Å². The molecular formula is C12H17N3. The first-order chi connectivity index (χ1) is 7.04. The number of imidazole rings is 1. The predicted octanol–water partition coefficient (Wildman–Crippen LogP) is 2.67. The Morgan fingerprint density at radius 2 is 2.07 bits per heavy atom. The lowest BCUT2D eigenvalue weighted by Gasteiger charge is -2.17. The second-order valence-corrected chi connectivity index (χ2v) is 4.76. The first kappa shape index (κ1) is 10.0. The molecule has 0 unspecified atom stereocenters. The van der Waals surface area contributed by atoms with Crippen LogP contribution in [0.25, 0.3) is 5.52 Å². The Hall–Kier alpha value is -1.51. The van der Waals surface area contributed by atoms with E-state index < -0.39 is 0 Å². The molecule has 15 heavy (non-hydrogen) atoms. The third kappa shape index (κ3) is 1.58. The summed E-state index contributed by atoms with van der Waals surface area (Å²) in [7, 11) is 1.93. The minimum atomic E-state index is 0.0682. The summed E-state index contributed by atoms with van der Waals surface area (Å²) in [5.74, 6) is 1.09. The van der Waals surface area contributed by atoms with E-state index in [1.165, 1.54) is 0 Å². The maximum absolute atomic E-state index is 4.50. The summed E-state index contributed by atoms with van der Waals surface area (Å²) in [4.78, 5) is 4.50. The van der Waals surface area contributed by atoms with Crippen LogP contribution in [0.15, 0.2) is 24.5 Å². The van der Waals surface area contributed by atoms with Crippen molar-refractivity contribution < 1.29 is 0 Å². The van der Waals surface area contributed by atoms with Crippen molar-refractivity contribution in [2.75, 3.05) is 12.4 Å². The van der Waals surface area contributed by atoms with Crippen molar-refractivity contribution in [1.29, 1.82) is 0 Å². The van der Waals surface area contributed by atoms with Crippen LogP contribution in [-0.4, -0.2) is 16.4 Å². The van der Waals surface area contributed by atoms with E-state index in [-0.39, 0.29) is 5.41 Å². The fraction of sp³-hybridized carbons (Fsp3) is 0.417. The molecule has 0 saturated carbocycles. The van der Waals surface area contributed by atoms with Crippen molar-refractivity contribution in [2.24, 2.45) is 0 Å². The van der Waals surface area contributed by atoms with Gasteiger partial charge in [-0.3, -0.25) is 0 Å². The summed E-state index contributed by atoms with van der Waals surface area (Å²) in [6, 6.07) is 4.10. The van der Waals surface area contributed by atoms with Crippen LogP contribution in [0.4, 0.5) is 5.69 Å². The van der Waals surface area contributed by atoms with E-state index in [9.17, 15) is 0 Å². The number of hydrogen-bond donors (Lipinski definition) is 1. The molecule has 0 radical (unpaired) electrons. The van der Waals surface area contributed by atoms with Crippen molar-refractivity contribution >= 4 is 11.2 Å². The third-order valence-corrected chi connectivity index (χ3v) is 2.51. The Bertz CT molecular complexity index is 477. The Labute approximate surface area is 90.1 Å². The molecule has 2 aromatic rings. The van der Waals surface area contributed by atoms with Crippen LogP contribution in [-0.2, 0) is 5.41 Å². The summed E-state index contributed by atoms with van der Waals surface area (Å²) in [6.07, 6.45) is 3.98. The van der Waals surface area contributed by atoms with Crippen molar-refractivity contribution in [3.05, 3.63) is 30.4 Å². The van der Waals surface area contributed by atoms with Gasteiger partial charge in [0, 0.05) is 18.7 Å². The molecule has 0 aliphatic heterocycles. The highest BCUT2D eigenvalue weighted by atomic mass is 15.0. The van der Waals surface area contributed by atoms with Gasteiger partial charge < -0.3 is 9.72 Å². The lowest BCUT2D eigenvalue weighted by molar-refractivity contribution is 0.543. The van der Waals surface area contributed by atoms with Crippen LogP contribution in [0.3, 0.4) is 0 Å². The second kappa shape index (κ2) is 3.26. The summed E-state index contributed by atoms with van der Waals surface area (Å²) >= 11 is 0. The highest BCUT2D eigenvalue weighted by molar-refractivity contribution is 5.71. The summed E-state index contributed by atoms with van der Waals surface area (Å²) < 4.78 is 2.14. The zero-order chi connectivity index (χ0) is 11.1. The summed E-state index contributed by atoms with van der Waals surface area (Å²) in [5, 5.41) is 3.17. The SMILES string of the molecule is CNc1cccn2c(C(C)(C)C)ncc12. The van der Waals surface area contributed by atoms with Gasteiger partial charge in [-0.05, 0) is 12.1 Å². The number of hydrogen-bond acceptors (Lipinski definition) is 2. The number of anilines is 1. The molecule has 0 spiro atoms. The third-order valence-electron chi connectivity index (χ3n) is 2.51. The molecule has 0 aromatic carbocycles. The van der Waals surface area contributed by atoms with Gasteiger partial charge >= 0.3 is 0 Å². The van der Waals surface area contributed by atoms with E-state index >= 15 is 0 Å². The zero-order valence-corrected chi connectivity index (χ0v) is 9.70. The van der Waals surface area contributed by atoms with Crippen LogP contribution in [0.5, 0.6) is 0 Å². The summed E-state index contributed by atoms with van der Waals surface area (Å²) in [6.45, 7) is 6.52. The van der Waals surface area contributed by atoms with Crippen molar-refractivity contribution in [3.63, 3.8) is 0 Å². The maximum atomic E-state index is 4.50. The molecule has 0 aliphatic rings. The van der Waals surface area contributed by atoms with Gasteiger partial charge in [0.2, 0.25) is 0 Å². The number of aromatic nitrogens is 2. The molecule has 0 saturated heterocycles. The van der Waals surface area contributed by atoms with Gasteiger partial charge in [0.1, 0.15) is 5.82 Å². The molecule has 2 heterocycles. The normalized spacial score (nSPS) is 12.0. The van der Waals surface area contributed by atoms with Crippen LogP contribution in [0.1, 0.15) is 26.6 Å². The number of nitrogens with zero attached hydrogens (tertiary/aromatic N) is 2. The first-order valence-electron chi connectivity index (χ1n) is 5.18. The average molecular weight is 203 g/mol. The Morgan fingerprint density at radius 3 is 2.67 bits per heavy atom. The molecule has 2 rings (SSSR count). The van der Waals surface area contributed by atoms with Crippen molar-refractivity contribution in [3.8, 4) is 0 Å². The standard InChI is InChI=1S/C12H17N3/c1-12(2,3)11-14-8-10-9(13-4)6-5-7-15(10)11/h5-8,13H,1-4H3. The minimum Gasteiger partial charge on any atom is -0.386 e. The molecule has 2 aromatic heterocycles.